The molecular weight excluding hydrogens is 331 g/mol. The van der Waals surface area contributed by atoms with Gasteiger partial charge >= 0.3 is 6.03 Å². The summed E-state index contributed by atoms with van der Waals surface area (Å²) in [6, 6.07) is 13.2. The molecule has 0 saturated carbocycles. The number of nitrogens with one attached hydrogen (secondary N) is 2. The van der Waals surface area contributed by atoms with E-state index >= 15 is 0 Å². The highest BCUT2D eigenvalue weighted by Crippen LogP contribution is 2.41. The van der Waals surface area contributed by atoms with Gasteiger partial charge in [0.05, 0.1) is 21.8 Å². The number of halogens is 2. The van der Waals surface area contributed by atoms with Gasteiger partial charge in [0.15, 0.2) is 0 Å². The van der Waals surface area contributed by atoms with Gasteiger partial charge in [0.25, 0.3) is 0 Å². The second kappa shape index (κ2) is 5.59. The van der Waals surface area contributed by atoms with E-state index in [9.17, 15) is 4.79 Å². The molecule has 5 heteroatoms. The van der Waals surface area contributed by atoms with Crippen molar-refractivity contribution in [1.82, 2.24) is 10.6 Å². The highest BCUT2D eigenvalue weighted by Gasteiger charge is 2.33. The molecule has 3 nitrogen and oxygen atoms in total. The van der Waals surface area contributed by atoms with Crippen LogP contribution in [-0.4, -0.2) is 6.03 Å². The molecule has 1 unspecified atom stereocenters. The zero-order valence-corrected chi connectivity index (χ0v) is 13.7. The standard InChI is InChI=1S/C18H14Cl2N2O/c19-14-7-3-6-12(15(14)20)17-13-9-8-10-4-1-2-5-11(10)16(13)21-18(23)22-17/h1-7,17H,8-9H2,(H2,21,22,23). The number of benzene rings is 2. The number of carbonyl (C=O) groups is 1. The van der Waals surface area contributed by atoms with Gasteiger partial charge in [-0.1, -0.05) is 59.6 Å². The third kappa shape index (κ3) is 2.41. The van der Waals surface area contributed by atoms with Crippen molar-refractivity contribution in [2.75, 3.05) is 0 Å². The Labute approximate surface area is 144 Å². The molecule has 2 aromatic rings. The number of aryl methyl sites for hydroxylation is 1. The Morgan fingerprint density at radius 3 is 2.70 bits per heavy atom. The van der Waals surface area contributed by atoms with Crippen LogP contribution in [0, 0.1) is 0 Å². The predicted octanol–water partition coefficient (Wildman–Crippen LogP) is 4.70. The zero-order chi connectivity index (χ0) is 16.0. The average molecular weight is 345 g/mol. The molecule has 1 aliphatic carbocycles. The Hall–Kier alpha value is -1.97. The molecule has 2 aliphatic rings. The monoisotopic (exact) mass is 344 g/mol. The van der Waals surface area contributed by atoms with Gasteiger partial charge in [-0.05, 0) is 35.6 Å². The van der Waals surface area contributed by atoms with Gasteiger partial charge in [0.2, 0.25) is 0 Å². The van der Waals surface area contributed by atoms with E-state index in [-0.39, 0.29) is 12.1 Å². The van der Waals surface area contributed by atoms with Crippen LogP contribution in [-0.2, 0) is 6.42 Å². The zero-order valence-electron chi connectivity index (χ0n) is 12.2. The minimum absolute atomic E-state index is 0.221. The molecular formula is C18H14Cl2N2O. The number of amides is 2. The number of carbonyl (C=O) groups excluding carboxylic acids is 1. The molecule has 2 aromatic carbocycles. The first-order valence-corrected chi connectivity index (χ1v) is 8.23. The van der Waals surface area contributed by atoms with E-state index in [0.717, 1.165) is 35.2 Å². The first-order chi connectivity index (χ1) is 11.1. The molecule has 116 valence electrons. The molecule has 2 amide bonds. The summed E-state index contributed by atoms with van der Waals surface area (Å²) in [5.74, 6) is 0. The van der Waals surface area contributed by atoms with Crippen LogP contribution in [0.25, 0.3) is 5.70 Å². The van der Waals surface area contributed by atoms with Gasteiger partial charge in [0.1, 0.15) is 0 Å². The maximum Gasteiger partial charge on any atom is 0.320 e. The van der Waals surface area contributed by atoms with Crippen LogP contribution < -0.4 is 10.6 Å². The van der Waals surface area contributed by atoms with Crippen LogP contribution >= 0.6 is 23.2 Å². The van der Waals surface area contributed by atoms with Crippen molar-refractivity contribution in [3.63, 3.8) is 0 Å². The molecule has 2 N–H and O–H groups in total. The highest BCUT2D eigenvalue weighted by molar-refractivity contribution is 6.42. The fraction of sp³-hybridized carbons (Fsp3) is 0.167. The fourth-order valence-electron chi connectivity index (χ4n) is 3.36. The first kappa shape index (κ1) is 14.6. The smallest absolute Gasteiger partial charge is 0.320 e. The van der Waals surface area contributed by atoms with Crippen LogP contribution in [0.1, 0.15) is 29.2 Å². The van der Waals surface area contributed by atoms with E-state index in [1.54, 1.807) is 6.07 Å². The average Bonchev–Trinajstić information content (AvgIpc) is 2.56. The minimum Gasteiger partial charge on any atom is -0.327 e. The molecule has 0 bridgehead atoms. The molecule has 23 heavy (non-hydrogen) atoms. The Morgan fingerprint density at radius 1 is 1.00 bits per heavy atom. The normalized spacial score (nSPS) is 19.6. The summed E-state index contributed by atoms with van der Waals surface area (Å²) >= 11 is 12.5. The fourth-order valence-corrected chi connectivity index (χ4v) is 3.78. The third-order valence-electron chi connectivity index (χ3n) is 4.43. The first-order valence-electron chi connectivity index (χ1n) is 7.48. The Morgan fingerprint density at radius 2 is 1.83 bits per heavy atom. The summed E-state index contributed by atoms with van der Waals surface area (Å²) in [6.45, 7) is 0. The Balaban J connectivity index is 1.89. The Kier molecular flexibility index (Phi) is 3.55. The molecule has 0 spiro atoms. The number of hydrogen-bond acceptors (Lipinski definition) is 1. The van der Waals surface area contributed by atoms with Crippen molar-refractivity contribution in [3.8, 4) is 0 Å². The maximum absolute atomic E-state index is 12.2. The van der Waals surface area contributed by atoms with Crippen molar-refractivity contribution in [3.05, 3.63) is 74.8 Å². The molecule has 0 radical (unpaired) electrons. The SMILES string of the molecule is O=C1NC2=C(CCc3ccccc32)C(c2cccc(Cl)c2Cl)N1. The predicted molar refractivity (Wildman–Crippen MR) is 92.6 cm³/mol. The molecule has 0 saturated heterocycles. The van der Waals surface area contributed by atoms with E-state index < -0.39 is 0 Å². The highest BCUT2D eigenvalue weighted by atomic mass is 35.5. The quantitative estimate of drug-likeness (QED) is 0.773. The largest absolute Gasteiger partial charge is 0.327 e. The summed E-state index contributed by atoms with van der Waals surface area (Å²) in [6.07, 6.45) is 1.81. The van der Waals surface area contributed by atoms with Crippen LogP contribution in [0.3, 0.4) is 0 Å². The van der Waals surface area contributed by atoms with Crippen molar-refractivity contribution < 1.29 is 4.79 Å². The van der Waals surface area contributed by atoms with E-state index in [4.69, 9.17) is 23.2 Å². The number of rotatable bonds is 1. The van der Waals surface area contributed by atoms with Crippen molar-refractivity contribution in [2.45, 2.75) is 18.9 Å². The molecule has 1 atom stereocenters. The van der Waals surface area contributed by atoms with Crippen LogP contribution in [0.5, 0.6) is 0 Å². The van der Waals surface area contributed by atoms with Crippen molar-refractivity contribution in [1.29, 1.82) is 0 Å². The molecule has 0 fully saturated rings. The minimum atomic E-state index is -0.252. The van der Waals surface area contributed by atoms with Crippen LogP contribution in [0.15, 0.2) is 48.0 Å². The number of hydrogen-bond donors (Lipinski definition) is 2. The lowest BCUT2D eigenvalue weighted by Crippen LogP contribution is -2.44. The van der Waals surface area contributed by atoms with Crippen LogP contribution in [0.4, 0.5) is 4.79 Å². The van der Waals surface area contributed by atoms with E-state index in [1.165, 1.54) is 5.56 Å². The summed E-state index contributed by atoms with van der Waals surface area (Å²) in [4.78, 5) is 12.2. The molecule has 1 aliphatic heterocycles. The second-order valence-electron chi connectivity index (χ2n) is 5.73. The van der Waals surface area contributed by atoms with Gasteiger partial charge in [-0.2, -0.15) is 0 Å². The van der Waals surface area contributed by atoms with Gasteiger partial charge in [-0.3, -0.25) is 0 Å². The summed E-state index contributed by atoms with van der Waals surface area (Å²) in [5, 5.41) is 6.93. The van der Waals surface area contributed by atoms with Crippen molar-refractivity contribution >= 4 is 34.9 Å². The lowest BCUT2D eigenvalue weighted by molar-refractivity contribution is 0.240. The van der Waals surface area contributed by atoms with Crippen LogP contribution in [0.2, 0.25) is 10.0 Å². The lowest BCUT2D eigenvalue weighted by atomic mass is 9.83. The summed E-state index contributed by atoms with van der Waals surface area (Å²) in [5.41, 5.74) is 5.22. The Bertz CT molecular complexity index is 845. The summed E-state index contributed by atoms with van der Waals surface area (Å²) < 4.78 is 0. The van der Waals surface area contributed by atoms with E-state index in [2.05, 4.69) is 16.7 Å². The topological polar surface area (TPSA) is 41.1 Å². The summed E-state index contributed by atoms with van der Waals surface area (Å²) in [7, 11) is 0. The van der Waals surface area contributed by atoms with E-state index in [0.29, 0.717) is 10.0 Å². The third-order valence-corrected chi connectivity index (χ3v) is 5.26. The molecule has 0 aromatic heterocycles. The van der Waals surface area contributed by atoms with Gasteiger partial charge in [-0.25, -0.2) is 4.79 Å². The molecule has 4 rings (SSSR count). The number of fused-ring (bicyclic) bond motifs is 2. The maximum atomic E-state index is 12.2. The van der Waals surface area contributed by atoms with Gasteiger partial charge in [-0.15, -0.1) is 0 Å². The van der Waals surface area contributed by atoms with Gasteiger partial charge in [0, 0.05) is 5.56 Å². The molecule has 1 heterocycles. The van der Waals surface area contributed by atoms with Gasteiger partial charge < -0.3 is 10.6 Å². The van der Waals surface area contributed by atoms with Crippen molar-refractivity contribution in [2.24, 2.45) is 0 Å². The number of urea groups is 1. The van der Waals surface area contributed by atoms with E-state index in [1.807, 2.05) is 30.3 Å². The lowest BCUT2D eigenvalue weighted by Gasteiger charge is -2.34. The second-order valence-corrected chi connectivity index (χ2v) is 6.52.